The predicted octanol–water partition coefficient (Wildman–Crippen LogP) is 3.43. The second kappa shape index (κ2) is 6.64. The van der Waals surface area contributed by atoms with Gasteiger partial charge in [0, 0.05) is 5.56 Å². The minimum atomic E-state index is -1.15. The highest BCUT2D eigenvalue weighted by Crippen LogP contribution is 2.30. The van der Waals surface area contributed by atoms with Gasteiger partial charge in [-0.2, -0.15) is 0 Å². The third kappa shape index (κ3) is 4.34. The highest BCUT2D eigenvalue weighted by molar-refractivity contribution is 9.10. The van der Waals surface area contributed by atoms with Crippen LogP contribution >= 0.6 is 15.9 Å². The molecule has 0 fully saturated rings. The van der Waals surface area contributed by atoms with Crippen molar-refractivity contribution in [3.63, 3.8) is 0 Å². The van der Waals surface area contributed by atoms with Gasteiger partial charge in [-0.3, -0.25) is 0 Å². The summed E-state index contributed by atoms with van der Waals surface area (Å²) >= 11 is 3.14. The molecule has 4 heteroatoms. The van der Waals surface area contributed by atoms with Crippen molar-refractivity contribution in [2.45, 2.75) is 32.8 Å². The largest absolute Gasteiger partial charge is 0.385 e. The molecule has 1 rings (SSSR count). The molecule has 1 aromatic carbocycles. The quantitative estimate of drug-likeness (QED) is 0.788. The summed E-state index contributed by atoms with van der Waals surface area (Å²) in [5.74, 6) is 0.184. The van der Waals surface area contributed by atoms with Gasteiger partial charge >= 0.3 is 0 Å². The van der Waals surface area contributed by atoms with Crippen LogP contribution in [0.15, 0.2) is 22.7 Å². The molecule has 0 spiro atoms. The first-order valence-corrected chi connectivity index (χ1v) is 7.01. The van der Waals surface area contributed by atoms with Crippen LogP contribution in [-0.4, -0.2) is 18.2 Å². The number of hydrogen-bond acceptors (Lipinski definition) is 2. The van der Waals surface area contributed by atoms with Crippen LogP contribution in [0, 0.1) is 11.7 Å². The Hall–Kier alpha value is -0.450. The van der Waals surface area contributed by atoms with Crippen molar-refractivity contribution < 1.29 is 9.50 Å². The van der Waals surface area contributed by atoms with E-state index in [9.17, 15) is 9.50 Å². The lowest BCUT2D eigenvalue weighted by molar-refractivity contribution is 0.0440. The smallest absolute Gasteiger partial charge is 0.143 e. The molecule has 1 unspecified atom stereocenters. The molecule has 2 nitrogen and oxygen atoms in total. The van der Waals surface area contributed by atoms with E-state index in [0.29, 0.717) is 28.9 Å². The molecule has 1 aromatic rings. The lowest BCUT2D eigenvalue weighted by Gasteiger charge is -2.25. The van der Waals surface area contributed by atoms with E-state index in [1.54, 1.807) is 25.1 Å². The van der Waals surface area contributed by atoms with E-state index < -0.39 is 5.60 Å². The minimum absolute atomic E-state index is 0.336. The molecule has 0 radical (unpaired) electrons. The van der Waals surface area contributed by atoms with Gasteiger partial charge in [-0.1, -0.05) is 26.0 Å². The van der Waals surface area contributed by atoms with Crippen molar-refractivity contribution in [3.8, 4) is 0 Å². The average molecular weight is 318 g/mol. The van der Waals surface area contributed by atoms with Gasteiger partial charge in [-0.15, -0.1) is 0 Å². The van der Waals surface area contributed by atoms with Gasteiger partial charge in [-0.05, 0) is 54.3 Å². The topological polar surface area (TPSA) is 32.3 Å². The molecule has 0 aliphatic rings. The Morgan fingerprint density at radius 1 is 1.44 bits per heavy atom. The Balaban J connectivity index is 2.65. The Bertz CT molecular complexity index is 393. The summed E-state index contributed by atoms with van der Waals surface area (Å²) in [6.45, 7) is 7.46. The van der Waals surface area contributed by atoms with Crippen LogP contribution in [0.4, 0.5) is 4.39 Å². The number of nitrogens with one attached hydrogen (secondary N) is 1. The van der Waals surface area contributed by atoms with Crippen molar-refractivity contribution >= 4 is 15.9 Å². The van der Waals surface area contributed by atoms with Crippen LogP contribution in [0.25, 0.3) is 0 Å². The molecule has 0 heterocycles. The van der Waals surface area contributed by atoms with Crippen molar-refractivity contribution in [3.05, 3.63) is 34.1 Å². The molecule has 1 atom stereocenters. The normalized spacial score (nSPS) is 14.8. The zero-order valence-electron chi connectivity index (χ0n) is 11.1. The number of halogens is 2. The summed E-state index contributed by atoms with van der Waals surface area (Å²) in [7, 11) is 0. The SMILES string of the molecule is CC(C)CNCCC(C)(O)c1cccc(Br)c1F. The maximum Gasteiger partial charge on any atom is 0.143 e. The van der Waals surface area contributed by atoms with Crippen molar-refractivity contribution in [2.24, 2.45) is 5.92 Å². The average Bonchev–Trinajstić information content (AvgIpc) is 2.28. The Morgan fingerprint density at radius 3 is 2.72 bits per heavy atom. The fraction of sp³-hybridized carbons (Fsp3) is 0.571. The van der Waals surface area contributed by atoms with Crippen LogP contribution < -0.4 is 5.32 Å². The van der Waals surface area contributed by atoms with Crippen LogP contribution in [0.1, 0.15) is 32.8 Å². The van der Waals surface area contributed by atoms with E-state index in [2.05, 4.69) is 35.1 Å². The first-order chi connectivity index (χ1) is 8.34. The fourth-order valence-corrected chi connectivity index (χ4v) is 2.14. The van der Waals surface area contributed by atoms with Crippen molar-refractivity contribution in [1.82, 2.24) is 5.32 Å². The molecular weight excluding hydrogens is 297 g/mol. The molecule has 0 saturated carbocycles. The van der Waals surface area contributed by atoms with Gasteiger partial charge in [0.2, 0.25) is 0 Å². The predicted molar refractivity (Wildman–Crippen MR) is 76.0 cm³/mol. The molecule has 18 heavy (non-hydrogen) atoms. The van der Waals surface area contributed by atoms with Crippen molar-refractivity contribution in [2.75, 3.05) is 13.1 Å². The molecule has 0 aliphatic heterocycles. The minimum Gasteiger partial charge on any atom is -0.385 e. The molecule has 0 saturated heterocycles. The van der Waals surface area contributed by atoms with Gasteiger partial charge in [0.1, 0.15) is 5.82 Å². The number of aliphatic hydroxyl groups is 1. The van der Waals surface area contributed by atoms with E-state index in [4.69, 9.17) is 0 Å². The second-order valence-corrected chi connectivity index (χ2v) is 6.08. The van der Waals surface area contributed by atoms with Gasteiger partial charge < -0.3 is 10.4 Å². The molecule has 102 valence electrons. The van der Waals surface area contributed by atoms with E-state index in [-0.39, 0.29) is 5.82 Å². The lowest BCUT2D eigenvalue weighted by atomic mass is 9.92. The van der Waals surface area contributed by atoms with E-state index in [0.717, 1.165) is 6.54 Å². The summed E-state index contributed by atoms with van der Waals surface area (Å²) < 4.78 is 14.3. The van der Waals surface area contributed by atoms with Crippen LogP contribution in [-0.2, 0) is 5.60 Å². The van der Waals surface area contributed by atoms with Crippen LogP contribution in [0.5, 0.6) is 0 Å². The monoisotopic (exact) mass is 317 g/mol. The Morgan fingerprint density at radius 2 is 2.11 bits per heavy atom. The van der Waals surface area contributed by atoms with E-state index in [1.807, 2.05) is 0 Å². The fourth-order valence-electron chi connectivity index (χ4n) is 1.78. The van der Waals surface area contributed by atoms with Gasteiger partial charge in [0.25, 0.3) is 0 Å². The van der Waals surface area contributed by atoms with Crippen LogP contribution in [0.2, 0.25) is 0 Å². The zero-order chi connectivity index (χ0) is 13.8. The first-order valence-electron chi connectivity index (χ1n) is 6.22. The lowest BCUT2D eigenvalue weighted by Crippen LogP contribution is -2.30. The number of rotatable bonds is 6. The summed E-state index contributed by atoms with van der Waals surface area (Å²) in [5.41, 5.74) is -0.819. The summed E-state index contributed by atoms with van der Waals surface area (Å²) in [5, 5.41) is 13.6. The first kappa shape index (κ1) is 15.6. The molecule has 0 amide bonds. The Kier molecular flexibility index (Phi) is 5.76. The highest BCUT2D eigenvalue weighted by Gasteiger charge is 2.26. The molecular formula is C14H21BrFNO. The molecule has 2 N–H and O–H groups in total. The van der Waals surface area contributed by atoms with Gasteiger partial charge in [0.05, 0.1) is 10.1 Å². The number of benzene rings is 1. The van der Waals surface area contributed by atoms with Crippen LogP contribution in [0.3, 0.4) is 0 Å². The maximum absolute atomic E-state index is 13.9. The third-order valence-corrected chi connectivity index (χ3v) is 3.49. The number of hydrogen-bond donors (Lipinski definition) is 2. The summed E-state index contributed by atoms with van der Waals surface area (Å²) in [6, 6.07) is 4.99. The van der Waals surface area contributed by atoms with E-state index in [1.165, 1.54) is 0 Å². The zero-order valence-corrected chi connectivity index (χ0v) is 12.7. The molecule has 0 bridgehead atoms. The maximum atomic E-state index is 13.9. The van der Waals surface area contributed by atoms with Gasteiger partial charge in [-0.25, -0.2) is 4.39 Å². The summed E-state index contributed by atoms with van der Waals surface area (Å²) in [6.07, 6.45) is 0.479. The third-order valence-electron chi connectivity index (χ3n) is 2.87. The summed E-state index contributed by atoms with van der Waals surface area (Å²) in [4.78, 5) is 0. The molecule has 0 aromatic heterocycles. The second-order valence-electron chi connectivity index (χ2n) is 5.22. The van der Waals surface area contributed by atoms with Crippen molar-refractivity contribution in [1.29, 1.82) is 0 Å². The molecule has 0 aliphatic carbocycles. The standard InChI is InChI=1S/C14H21BrFNO/c1-10(2)9-17-8-7-14(3,18)11-5-4-6-12(15)13(11)16/h4-6,10,17-18H,7-9H2,1-3H3. The highest BCUT2D eigenvalue weighted by atomic mass is 79.9. The van der Waals surface area contributed by atoms with Gasteiger partial charge in [0.15, 0.2) is 0 Å². The van der Waals surface area contributed by atoms with E-state index >= 15 is 0 Å². The Labute approximate surface area is 117 Å².